The van der Waals surface area contributed by atoms with Crippen LogP contribution < -0.4 is 4.90 Å². The summed E-state index contributed by atoms with van der Waals surface area (Å²) in [7, 11) is 1.74. The normalized spacial score (nSPS) is 11.2. The summed E-state index contributed by atoms with van der Waals surface area (Å²) in [5.41, 5.74) is 9.62. The van der Waals surface area contributed by atoms with Crippen LogP contribution in [0.15, 0.2) is 75.9 Å². The first-order valence-corrected chi connectivity index (χ1v) is 18.6. The van der Waals surface area contributed by atoms with Crippen molar-refractivity contribution in [3.63, 3.8) is 0 Å². The molecule has 0 atom stereocenters. The maximum atomic E-state index is 10.0. The van der Waals surface area contributed by atoms with Gasteiger partial charge in [0.25, 0.3) is 0 Å². The lowest BCUT2D eigenvalue weighted by Crippen LogP contribution is -2.43. The van der Waals surface area contributed by atoms with Crippen molar-refractivity contribution in [2.24, 2.45) is 5.41 Å². The summed E-state index contributed by atoms with van der Waals surface area (Å²) in [5, 5.41) is 40.1. The number of benzene rings is 1. The van der Waals surface area contributed by atoms with E-state index in [9.17, 15) is 21.0 Å². The Balaban J connectivity index is 4.44. The smallest absolute Gasteiger partial charge is 0.146 e. The predicted octanol–water partition coefficient (Wildman–Crippen LogP) is 10.4. The van der Waals surface area contributed by atoms with Crippen molar-refractivity contribution in [2.45, 2.75) is 99.2 Å². The number of allylic oxidation sites excluding steroid dienone is 9. The topological polar surface area (TPSA) is 98.4 Å². The molecule has 0 unspecified atom stereocenters. The van der Waals surface area contributed by atoms with Gasteiger partial charge in [0.05, 0.1) is 5.57 Å². The second-order valence-corrected chi connectivity index (χ2v) is 19.8. The standard InChI is InChI=1S/C42H51N5Si/c1-15-16-39(40(42(10,11)12)23-24-48(30(4)5,31(6)7)32(8)9)37(29(2)3)21-22-38(34(25-43)26-44)41(35(27-45)28-46)33-17-19-36(20-18-33)47(13)14/h15,17-20,30-32H,1,16H2,2-14H3/b40-39-. The van der Waals surface area contributed by atoms with Crippen molar-refractivity contribution in [1.29, 1.82) is 21.0 Å². The molecule has 48 heavy (non-hydrogen) atoms. The number of hydrogen-bond donors (Lipinski definition) is 0. The Labute approximate surface area is 292 Å². The Bertz CT molecular complexity index is 1740. The molecular formula is C42H51N5Si. The van der Waals surface area contributed by atoms with Crippen molar-refractivity contribution in [3.8, 4) is 47.6 Å². The Morgan fingerprint density at radius 3 is 1.58 bits per heavy atom. The molecular weight excluding hydrogens is 603 g/mol. The highest BCUT2D eigenvalue weighted by atomic mass is 28.3. The number of nitrogens with zero attached hydrogens (tertiary/aromatic N) is 5. The minimum Gasteiger partial charge on any atom is -0.378 e. The number of anilines is 1. The summed E-state index contributed by atoms with van der Waals surface area (Å²) < 4.78 is 0. The van der Waals surface area contributed by atoms with E-state index in [0.717, 1.165) is 28.0 Å². The molecule has 1 aromatic carbocycles. The zero-order valence-electron chi connectivity index (χ0n) is 31.3. The zero-order valence-corrected chi connectivity index (χ0v) is 32.3. The van der Waals surface area contributed by atoms with E-state index in [1.165, 1.54) is 0 Å². The molecule has 0 amide bonds. The van der Waals surface area contributed by atoms with E-state index in [0.29, 0.717) is 28.6 Å². The van der Waals surface area contributed by atoms with Crippen LogP contribution in [0.3, 0.4) is 0 Å². The van der Waals surface area contributed by atoms with E-state index < -0.39 is 8.07 Å². The van der Waals surface area contributed by atoms with Gasteiger partial charge in [0.2, 0.25) is 0 Å². The first-order valence-electron chi connectivity index (χ1n) is 16.3. The monoisotopic (exact) mass is 653 g/mol. The van der Waals surface area contributed by atoms with Crippen LogP contribution in [-0.4, -0.2) is 22.2 Å². The average molecular weight is 654 g/mol. The van der Waals surface area contributed by atoms with E-state index in [4.69, 9.17) is 0 Å². The first kappa shape index (κ1) is 41.0. The van der Waals surface area contributed by atoms with Crippen LogP contribution in [0.4, 0.5) is 5.69 Å². The molecule has 0 aromatic heterocycles. The van der Waals surface area contributed by atoms with Crippen molar-refractivity contribution in [2.75, 3.05) is 19.0 Å². The van der Waals surface area contributed by atoms with Gasteiger partial charge in [-0.3, -0.25) is 0 Å². The molecule has 5 nitrogen and oxygen atoms in total. The third-order valence-electron chi connectivity index (χ3n) is 8.65. The molecule has 1 rings (SSSR count). The van der Waals surface area contributed by atoms with Crippen LogP contribution in [0.2, 0.25) is 16.6 Å². The fourth-order valence-electron chi connectivity index (χ4n) is 6.28. The second-order valence-electron chi connectivity index (χ2n) is 14.3. The van der Waals surface area contributed by atoms with Crippen LogP contribution in [0, 0.1) is 74.0 Å². The largest absolute Gasteiger partial charge is 0.378 e. The molecule has 0 radical (unpaired) electrons. The Morgan fingerprint density at radius 1 is 0.771 bits per heavy atom. The highest BCUT2D eigenvalue weighted by Gasteiger charge is 2.42. The highest BCUT2D eigenvalue weighted by Crippen LogP contribution is 2.42. The van der Waals surface area contributed by atoms with E-state index >= 15 is 0 Å². The molecule has 0 heterocycles. The SMILES string of the molecule is C=CC/C(C(C#CC(=C(C#N)C#N)C(=C(C#N)C#N)c1ccc(N(C)C)cc1)=C(C)C)=C(\C#C[Si](C(C)C)(C(C)C)C(C)C)C(C)(C)C. The van der Waals surface area contributed by atoms with Gasteiger partial charge in [-0.2, -0.15) is 21.0 Å². The number of hydrogen-bond acceptors (Lipinski definition) is 5. The summed E-state index contributed by atoms with van der Waals surface area (Å²) >= 11 is 0. The number of rotatable bonds is 9. The van der Waals surface area contributed by atoms with Gasteiger partial charge in [-0.1, -0.05) is 104 Å². The summed E-state index contributed by atoms with van der Waals surface area (Å²) in [4.78, 5) is 1.93. The zero-order chi connectivity index (χ0) is 37.0. The maximum absolute atomic E-state index is 10.0. The van der Waals surface area contributed by atoms with Crippen LogP contribution in [0.25, 0.3) is 5.57 Å². The molecule has 0 bridgehead atoms. The third kappa shape index (κ3) is 9.53. The van der Waals surface area contributed by atoms with Crippen LogP contribution in [0.1, 0.15) is 88.1 Å². The molecule has 248 valence electrons. The second kappa shape index (κ2) is 17.8. The van der Waals surface area contributed by atoms with E-state index in [1.807, 2.05) is 75.3 Å². The van der Waals surface area contributed by atoms with Crippen molar-refractivity contribution >= 4 is 19.3 Å². The van der Waals surface area contributed by atoms with Crippen LogP contribution >= 0.6 is 0 Å². The molecule has 0 spiro atoms. The van der Waals surface area contributed by atoms with Gasteiger partial charge >= 0.3 is 0 Å². The summed E-state index contributed by atoms with van der Waals surface area (Å²) in [6, 6.07) is 15.0. The van der Waals surface area contributed by atoms with E-state index in [2.05, 4.69) is 92.2 Å². The maximum Gasteiger partial charge on any atom is 0.146 e. The van der Waals surface area contributed by atoms with E-state index in [-0.39, 0.29) is 27.7 Å². The van der Waals surface area contributed by atoms with Gasteiger partial charge in [-0.15, -0.1) is 12.1 Å². The summed E-state index contributed by atoms with van der Waals surface area (Å²) in [6.45, 7) is 28.2. The quantitative estimate of drug-likeness (QED) is 0.0868. The summed E-state index contributed by atoms with van der Waals surface area (Å²) in [5.74, 6) is 10.1. The molecule has 0 aliphatic heterocycles. The lowest BCUT2D eigenvalue weighted by Gasteiger charge is -2.38. The van der Waals surface area contributed by atoms with Gasteiger partial charge < -0.3 is 4.90 Å². The van der Waals surface area contributed by atoms with E-state index in [1.54, 1.807) is 12.1 Å². The molecule has 0 saturated heterocycles. The minimum atomic E-state index is -2.07. The van der Waals surface area contributed by atoms with Gasteiger partial charge in [0.15, 0.2) is 0 Å². The average Bonchev–Trinajstić information content (AvgIpc) is 3.00. The molecule has 6 heteroatoms. The minimum absolute atomic E-state index is 0.0293. The Morgan fingerprint density at radius 2 is 1.23 bits per heavy atom. The summed E-state index contributed by atoms with van der Waals surface area (Å²) in [6.07, 6.45) is 2.36. The molecule has 0 fully saturated rings. The van der Waals surface area contributed by atoms with Gasteiger partial charge in [-0.05, 0) is 65.6 Å². The highest BCUT2D eigenvalue weighted by molar-refractivity contribution is 6.90. The van der Waals surface area contributed by atoms with Crippen molar-refractivity contribution in [1.82, 2.24) is 0 Å². The van der Waals surface area contributed by atoms with Gasteiger partial charge in [0.1, 0.15) is 43.5 Å². The fraction of sp³-hybridized carbons (Fsp3) is 0.429. The molecule has 0 saturated carbocycles. The lowest BCUT2D eigenvalue weighted by molar-refractivity contribution is 0.516. The van der Waals surface area contributed by atoms with Crippen LogP contribution in [0.5, 0.6) is 0 Å². The lowest BCUT2D eigenvalue weighted by atomic mass is 9.80. The van der Waals surface area contributed by atoms with Gasteiger partial charge in [0, 0.05) is 36.5 Å². The molecule has 1 aromatic rings. The number of nitriles is 4. The van der Waals surface area contributed by atoms with Crippen molar-refractivity contribution < 1.29 is 0 Å². The Kier molecular flexibility index (Phi) is 15.2. The first-order chi connectivity index (χ1) is 22.4. The predicted molar refractivity (Wildman–Crippen MR) is 203 cm³/mol. The van der Waals surface area contributed by atoms with Gasteiger partial charge in [-0.25, -0.2) is 0 Å². The van der Waals surface area contributed by atoms with Crippen molar-refractivity contribution in [3.05, 3.63) is 81.5 Å². The molecule has 0 aliphatic carbocycles. The molecule has 0 aliphatic rings. The third-order valence-corrected chi connectivity index (χ3v) is 14.9. The van der Waals surface area contributed by atoms with Crippen LogP contribution in [-0.2, 0) is 0 Å². The Hall–Kier alpha value is -4.98. The molecule has 0 N–H and O–H groups in total. The fourth-order valence-corrected chi connectivity index (χ4v) is 11.5.